The number of amides is 1. The van der Waals surface area contributed by atoms with Gasteiger partial charge in [-0.2, -0.15) is 0 Å². The molecule has 0 bridgehead atoms. The second-order valence-corrected chi connectivity index (χ2v) is 6.19. The predicted octanol–water partition coefficient (Wildman–Crippen LogP) is 3.26. The molecule has 0 radical (unpaired) electrons. The topological polar surface area (TPSA) is 44.9 Å². The van der Waals surface area contributed by atoms with E-state index in [-0.39, 0.29) is 17.4 Å². The fourth-order valence-electron chi connectivity index (χ4n) is 1.96. The second-order valence-electron chi connectivity index (χ2n) is 6.19. The van der Waals surface area contributed by atoms with E-state index < -0.39 is 0 Å². The van der Waals surface area contributed by atoms with Crippen molar-refractivity contribution < 1.29 is 4.79 Å². The van der Waals surface area contributed by atoms with Crippen molar-refractivity contribution in [3.8, 4) is 0 Å². The van der Waals surface area contributed by atoms with Gasteiger partial charge in [0.15, 0.2) is 0 Å². The molecular weight excluding hydrogens is 236 g/mol. The smallest absolute Gasteiger partial charge is 0.224 e. The van der Waals surface area contributed by atoms with E-state index in [0.717, 1.165) is 16.5 Å². The molecule has 1 aromatic carbocycles. The van der Waals surface area contributed by atoms with E-state index in [2.05, 4.69) is 31.1 Å². The van der Waals surface area contributed by atoms with Crippen LogP contribution in [0.25, 0.3) is 10.9 Å². The minimum atomic E-state index is 0.0761. The van der Waals surface area contributed by atoms with Gasteiger partial charge >= 0.3 is 0 Å². The standard InChI is InChI=1S/C16H22N2O/c1-11(16(2,3)4)18-15(19)9-12-10-17-14-8-6-5-7-13(12)14/h5-8,10-11,17H,9H2,1-4H3,(H,18,19). The van der Waals surface area contributed by atoms with E-state index in [1.54, 1.807) is 0 Å². The molecule has 3 nitrogen and oxygen atoms in total. The lowest BCUT2D eigenvalue weighted by Gasteiger charge is -2.28. The van der Waals surface area contributed by atoms with Gasteiger partial charge in [0.05, 0.1) is 6.42 Å². The Labute approximate surface area is 114 Å². The number of aromatic amines is 1. The number of fused-ring (bicyclic) bond motifs is 1. The van der Waals surface area contributed by atoms with Crippen LogP contribution in [0.4, 0.5) is 0 Å². The van der Waals surface area contributed by atoms with Crippen molar-refractivity contribution in [1.29, 1.82) is 0 Å². The SMILES string of the molecule is CC(NC(=O)Cc1c[nH]c2ccccc12)C(C)(C)C. The molecule has 0 aliphatic heterocycles. The summed E-state index contributed by atoms with van der Waals surface area (Å²) in [5.74, 6) is 0.0761. The van der Waals surface area contributed by atoms with E-state index in [0.29, 0.717) is 6.42 Å². The summed E-state index contributed by atoms with van der Waals surface area (Å²) in [7, 11) is 0. The van der Waals surface area contributed by atoms with Crippen molar-refractivity contribution in [2.24, 2.45) is 5.41 Å². The number of hydrogen-bond donors (Lipinski definition) is 2. The van der Waals surface area contributed by atoms with Crippen LogP contribution in [0.3, 0.4) is 0 Å². The van der Waals surface area contributed by atoms with Crippen LogP contribution in [0.15, 0.2) is 30.5 Å². The minimum absolute atomic E-state index is 0.0761. The minimum Gasteiger partial charge on any atom is -0.361 e. The number of hydrogen-bond acceptors (Lipinski definition) is 1. The van der Waals surface area contributed by atoms with Gasteiger partial charge in [-0.3, -0.25) is 4.79 Å². The summed E-state index contributed by atoms with van der Waals surface area (Å²) in [5.41, 5.74) is 2.21. The van der Waals surface area contributed by atoms with Crippen LogP contribution in [-0.4, -0.2) is 16.9 Å². The molecule has 1 heterocycles. The second kappa shape index (κ2) is 5.08. The zero-order valence-corrected chi connectivity index (χ0v) is 12.1. The van der Waals surface area contributed by atoms with Crippen LogP contribution >= 0.6 is 0 Å². The molecule has 0 saturated carbocycles. The Bertz CT molecular complexity index is 578. The molecule has 1 atom stereocenters. The number of rotatable bonds is 3. The summed E-state index contributed by atoms with van der Waals surface area (Å²) < 4.78 is 0. The predicted molar refractivity (Wildman–Crippen MR) is 79.1 cm³/mol. The van der Waals surface area contributed by atoms with Crippen LogP contribution in [0.1, 0.15) is 33.3 Å². The number of para-hydroxylation sites is 1. The summed E-state index contributed by atoms with van der Waals surface area (Å²) in [6, 6.07) is 8.21. The van der Waals surface area contributed by atoms with Gasteiger partial charge in [-0.15, -0.1) is 0 Å². The average molecular weight is 258 g/mol. The fourth-order valence-corrected chi connectivity index (χ4v) is 1.96. The summed E-state index contributed by atoms with van der Waals surface area (Å²) >= 11 is 0. The Morgan fingerprint density at radius 2 is 2.00 bits per heavy atom. The number of benzene rings is 1. The van der Waals surface area contributed by atoms with Crippen LogP contribution in [-0.2, 0) is 11.2 Å². The first-order chi connectivity index (χ1) is 8.88. The Kier molecular flexibility index (Phi) is 3.65. The summed E-state index contributed by atoms with van der Waals surface area (Å²) in [6.45, 7) is 8.43. The van der Waals surface area contributed by atoms with E-state index in [1.165, 1.54) is 0 Å². The van der Waals surface area contributed by atoms with Gasteiger partial charge in [0.25, 0.3) is 0 Å². The Balaban J connectivity index is 2.07. The monoisotopic (exact) mass is 258 g/mol. The highest BCUT2D eigenvalue weighted by Crippen LogP contribution is 2.20. The molecule has 3 heteroatoms. The Hall–Kier alpha value is -1.77. The zero-order chi connectivity index (χ0) is 14.0. The van der Waals surface area contributed by atoms with Crippen LogP contribution in [0, 0.1) is 5.41 Å². The van der Waals surface area contributed by atoms with E-state index in [4.69, 9.17) is 0 Å². The van der Waals surface area contributed by atoms with Crippen LogP contribution < -0.4 is 5.32 Å². The van der Waals surface area contributed by atoms with Gasteiger partial charge in [-0.05, 0) is 24.0 Å². The third-order valence-corrected chi connectivity index (χ3v) is 3.70. The lowest BCUT2D eigenvalue weighted by Crippen LogP contribution is -2.42. The van der Waals surface area contributed by atoms with Crippen molar-refractivity contribution in [2.45, 2.75) is 40.2 Å². The first-order valence-electron chi connectivity index (χ1n) is 6.72. The number of nitrogens with one attached hydrogen (secondary N) is 2. The van der Waals surface area contributed by atoms with Gasteiger partial charge in [0.2, 0.25) is 5.91 Å². The summed E-state index contributed by atoms with van der Waals surface area (Å²) in [5, 5.41) is 4.20. The molecule has 2 aromatic rings. The summed E-state index contributed by atoms with van der Waals surface area (Å²) in [6.07, 6.45) is 2.34. The molecular formula is C16H22N2O. The first-order valence-corrected chi connectivity index (χ1v) is 6.72. The van der Waals surface area contributed by atoms with Gasteiger partial charge in [0, 0.05) is 23.1 Å². The quantitative estimate of drug-likeness (QED) is 0.872. The number of carbonyl (C=O) groups excluding carboxylic acids is 1. The lowest BCUT2D eigenvalue weighted by atomic mass is 9.88. The average Bonchev–Trinajstić information content (AvgIpc) is 2.71. The molecule has 102 valence electrons. The molecule has 1 unspecified atom stereocenters. The third kappa shape index (κ3) is 3.16. The van der Waals surface area contributed by atoms with Gasteiger partial charge in [-0.25, -0.2) is 0 Å². The van der Waals surface area contributed by atoms with Crippen molar-refractivity contribution in [3.63, 3.8) is 0 Å². The maximum Gasteiger partial charge on any atom is 0.224 e. The third-order valence-electron chi connectivity index (χ3n) is 3.70. The number of carbonyl (C=O) groups is 1. The molecule has 2 N–H and O–H groups in total. The van der Waals surface area contributed by atoms with E-state index >= 15 is 0 Å². The van der Waals surface area contributed by atoms with Crippen molar-refractivity contribution in [1.82, 2.24) is 10.3 Å². The molecule has 1 amide bonds. The lowest BCUT2D eigenvalue weighted by molar-refractivity contribution is -0.121. The Morgan fingerprint density at radius 3 is 2.68 bits per heavy atom. The van der Waals surface area contributed by atoms with Gasteiger partial charge in [0.1, 0.15) is 0 Å². The molecule has 0 saturated heterocycles. The van der Waals surface area contributed by atoms with Gasteiger partial charge < -0.3 is 10.3 Å². The van der Waals surface area contributed by atoms with E-state index in [9.17, 15) is 4.79 Å². The van der Waals surface area contributed by atoms with Crippen LogP contribution in [0.2, 0.25) is 0 Å². The molecule has 2 rings (SSSR count). The maximum absolute atomic E-state index is 12.1. The summed E-state index contributed by atoms with van der Waals surface area (Å²) in [4.78, 5) is 15.3. The molecule has 0 fully saturated rings. The zero-order valence-electron chi connectivity index (χ0n) is 12.1. The molecule has 1 aromatic heterocycles. The van der Waals surface area contributed by atoms with Gasteiger partial charge in [-0.1, -0.05) is 39.0 Å². The highest BCUT2D eigenvalue weighted by molar-refractivity contribution is 5.88. The molecule has 0 aliphatic carbocycles. The highest BCUT2D eigenvalue weighted by Gasteiger charge is 2.21. The number of H-pyrrole nitrogens is 1. The van der Waals surface area contributed by atoms with Crippen molar-refractivity contribution >= 4 is 16.8 Å². The molecule has 0 spiro atoms. The Morgan fingerprint density at radius 1 is 1.32 bits per heavy atom. The maximum atomic E-state index is 12.1. The fraction of sp³-hybridized carbons (Fsp3) is 0.438. The molecule has 0 aliphatic rings. The largest absolute Gasteiger partial charge is 0.361 e. The highest BCUT2D eigenvalue weighted by atomic mass is 16.1. The first kappa shape index (κ1) is 13.7. The van der Waals surface area contributed by atoms with Crippen molar-refractivity contribution in [3.05, 3.63) is 36.0 Å². The molecule has 19 heavy (non-hydrogen) atoms. The van der Waals surface area contributed by atoms with Crippen molar-refractivity contribution in [2.75, 3.05) is 0 Å². The number of aromatic nitrogens is 1. The van der Waals surface area contributed by atoms with E-state index in [1.807, 2.05) is 37.4 Å². The normalized spacial score (nSPS) is 13.5. The van der Waals surface area contributed by atoms with Crippen LogP contribution in [0.5, 0.6) is 0 Å².